The third-order valence-electron chi connectivity index (χ3n) is 2.19. The summed E-state index contributed by atoms with van der Waals surface area (Å²) in [6.45, 7) is 3.60. The molecule has 0 aliphatic carbocycles. The van der Waals surface area contributed by atoms with Gasteiger partial charge in [0.25, 0.3) is 0 Å². The summed E-state index contributed by atoms with van der Waals surface area (Å²) in [6.07, 6.45) is -0.401. The van der Waals surface area contributed by atoms with E-state index in [1.54, 1.807) is 19.1 Å². The van der Waals surface area contributed by atoms with Gasteiger partial charge in [-0.3, -0.25) is 0 Å². The summed E-state index contributed by atoms with van der Waals surface area (Å²) in [5, 5.41) is 9.69. The van der Waals surface area contributed by atoms with E-state index in [1.165, 1.54) is 0 Å². The number of aliphatic hydroxyl groups is 1. The molecule has 3 nitrogen and oxygen atoms in total. The summed E-state index contributed by atoms with van der Waals surface area (Å²) in [6, 6.07) is 5.16. The standard InChI is InChI=1S/C11H16ClNO2/c1-7-3-4-9(12)5-10(7)15-11(6-14)8(2)13/h3-5,8,11,14H,6,13H2,1-2H3. The fourth-order valence-electron chi connectivity index (χ4n) is 1.17. The van der Waals surface area contributed by atoms with E-state index in [0.717, 1.165) is 5.56 Å². The summed E-state index contributed by atoms with van der Waals surface area (Å²) in [5.74, 6) is 0.666. The van der Waals surface area contributed by atoms with Crippen LogP contribution < -0.4 is 10.5 Å². The maximum atomic E-state index is 9.08. The summed E-state index contributed by atoms with van der Waals surface area (Å²) in [5.41, 5.74) is 6.64. The van der Waals surface area contributed by atoms with E-state index in [2.05, 4.69) is 0 Å². The Kier molecular flexibility index (Phi) is 4.39. The van der Waals surface area contributed by atoms with Crippen LogP contribution >= 0.6 is 11.6 Å². The van der Waals surface area contributed by atoms with Crippen molar-refractivity contribution in [1.29, 1.82) is 0 Å². The van der Waals surface area contributed by atoms with Gasteiger partial charge in [-0.05, 0) is 31.5 Å². The highest BCUT2D eigenvalue weighted by molar-refractivity contribution is 6.30. The predicted octanol–water partition coefficient (Wildman–Crippen LogP) is 1.74. The molecule has 0 fully saturated rings. The van der Waals surface area contributed by atoms with Gasteiger partial charge in [0.15, 0.2) is 0 Å². The Bertz CT molecular complexity index is 328. The Labute approximate surface area is 94.8 Å². The Morgan fingerprint density at radius 1 is 1.53 bits per heavy atom. The van der Waals surface area contributed by atoms with Gasteiger partial charge in [0.05, 0.1) is 6.61 Å². The highest BCUT2D eigenvalue weighted by atomic mass is 35.5. The van der Waals surface area contributed by atoms with Crippen LogP contribution in [0, 0.1) is 6.92 Å². The molecule has 2 unspecified atom stereocenters. The maximum Gasteiger partial charge on any atom is 0.136 e. The van der Waals surface area contributed by atoms with Crippen LogP contribution in [0.25, 0.3) is 0 Å². The number of aliphatic hydroxyl groups excluding tert-OH is 1. The van der Waals surface area contributed by atoms with Crippen LogP contribution in [0.15, 0.2) is 18.2 Å². The van der Waals surface area contributed by atoms with E-state index in [9.17, 15) is 0 Å². The van der Waals surface area contributed by atoms with Crippen LogP contribution in [0.1, 0.15) is 12.5 Å². The molecule has 2 atom stereocenters. The number of aryl methyl sites for hydroxylation is 1. The smallest absolute Gasteiger partial charge is 0.136 e. The lowest BCUT2D eigenvalue weighted by atomic mass is 10.2. The molecule has 0 saturated heterocycles. The van der Waals surface area contributed by atoms with Crippen LogP contribution in [0.2, 0.25) is 5.02 Å². The summed E-state index contributed by atoms with van der Waals surface area (Å²) in [4.78, 5) is 0. The first kappa shape index (κ1) is 12.3. The molecule has 0 aliphatic heterocycles. The van der Waals surface area contributed by atoms with E-state index >= 15 is 0 Å². The van der Waals surface area contributed by atoms with Gasteiger partial charge in [0.1, 0.15) is 11.9 Å². The SMILES string of the molecule is Cc1ccc(Cl)cc1OC(CO)C(C)N. The molecule has 0 aliphatic rings. The molecule has 0 amide bonds. The molecule has 84 valence electrons. The molecule has 1 rings (SSSR count). The van der Waals surface area contributed by atoms with Crippen LogP contribution in [-0.2, 0) is 0 Å². The van der Waals surface area contributed by atoms with Gasteiger partial charge in [-0.25, -0.2) is 0 Å². The lowest BCUT2D eigenvalue weighted by molar-refractivity contribution is 0.0985. The van der Waals surface area contributed by atoms with Crippen LogP contribution in [-0.4, -0.2) is 23.9 Å². The average molecular weight is 230 g/mol. The van der Waals surface area contributed by atoms with Gasteiger partial charge in [0.2, 0.25) is 0 Å². The fraction of sp³-hybridized carbons (Fsp3) is 0.455. The van der Waals surface area contributed by atoms with Crippen molar-refractivity contribution in [3.8, 4) is 5.75 Å². The summed E-state index contributed by atoms with van der Waals surface area (Å²) < 4.78 is 5.58. The first-order chi connectivity index (χ1) is 7.04. The van der Waals surface area contributed by atoms with E-state index in [4.69, 9.17) is 27.2 Å². The zero-order valence-electron chi connectivity index (χ0n) is 8.90. The average Bonchev–Trinajstić information content (AvgIpc) is 2.18. The second kappa shape index (κ2) is 5.35. The van der Waals surface area contributed by atoms with Crippen LogP contribution in [0.5, 0.6) is 5.75 Å². The molecule has 0 aromatic heterocycles. The molecular formula is C11H16ClNO2. The van der Waals surface area contributed by atoms with Gasteiger partial charge in [-0.1, -0.05) is 17.7 Å². The quantitative estimate of drug-likeness (QED) is 0.827. The van der Waals surface area contributed by atoms with E-state index in [0.29, 0.717) is 10.8 Å². The third kappa shape index (κ3) is 3.38. The maximum absolute atomic E-state index is 9.08. The molecule has 0 spiro atoms. The molecule has 1 aromatic carbocycles. The molecule has 1 aromatic rings. The van der Waals surface area contributed by atoms with Crippen molar-refractivity contribution in [2.45, 2.75) is 26.0 Å². The molecule has 4 heteroatoms. The molecule has 0 heterocycles. The zero-order valence-corrected chi connectivity index (χ0v) is 9.66. The minimum atomic E-state index is -0.401. The van der Waals surface area contributed by atoms with Crippen molar-refractivity contribution >= 4 is 11.6 Å². The summed E-state index contributed by atoms with van der Waals surface area (Å²) in [7, 11) is 0. The Hall–Kier alpha value is -0.770. The molecule has 0 bridgehead atoms. The Morgan fingerprint density at radius 2 is 2.20 bits per heavy atom. The minimum absolute atomic E-state index is 0.108. The monoisotopic (exact) mass is 229 g/mol. The van der Waals surface area contributed by atoms with E-state index < -0.39 is 6.10 Å². The third-order valence-corrected chi connectivity index (χ3v) is 2.43. The van der Waals surface area contributed by atoms with Gasteiger partial charge in [-0.15, -0.1) is 0 Å². The van der Waals surface area contributed by atoms with Gasteiger partial charge < -0.3 is 15.6 Å². The lowest BCUT2D eigenvalue weighted by Gasteiger charge is -2.21. The first-order valence-electron chi connectivity index (χ1n) is 4.84. The van der Waals surface area contributed by atoms with Crippen LogP contribution in [0.3, 0.4) is 0 Å². The second-order valence-electron chi connectivity index (χ2n) is 3.61. The molecular weight excluding hydrogens is 214 g/mol. The number of hydrogen-bond acceptors (Lipinski definition) is 3. The molecule has 0 saturated carbocycles. The van der Waals surface area contributed by atoms with Crippen LogP contribution in [0.4, 0.5) is 0 Å². The van der Waals surface area contributed by atoms with Crippen molar-refractivity contribution in [3.63, 3.8) is 0 Å². The second-order valence-corrected chi connectivity index (χ2v) is 4.04. The lowest BCUT2D eigenvalue weighted by Crippen LogP contribution is -2.39. The number of nitrogens with two attached hydrogens (primary N) is 1. The highest BCUT2D eigenvalue weighted by Crippen LogP contribution is 2.23. The molecule has 3 N–H and O–H groups in total. The topological polar surface area (TPSA) is 55.5 Å². The van der Waals surface area contributed by atoms with Gasteiger partial charge >= 0.3 is 0 Å². The highest BCUT2D eigenvalue weighted by Gasteiger charge is 2.15. The number of ether oxygens (including phenoxy) is 1. The fourth-order valence-corrected chi connectivity index (χ4v) is 1.34. The van der Waals surface area contributed by atoms with E-state index in [-0.39, 0.29) is 12.6 Å². The largest absolute Gasteiger partial charge is 0.486 e. The Balaban J connectivity index is 2.82. The molecule has 15 heavy (non-hydrogen) atoms. The molecule has 0 radical (unpaired) electrons. The number of hydrogen-bond donors (Lipinski definition) is 2. The number of halogens is 1. The summed E-state index contributed by atoms with van der Waals surface area (Å²) >= 11 is 5.85. The van der Waals surface area contributed by atoms with Crippen molar-refractivity contribution in [2.24, 2.45) is 5.73 Å². The predicted molar refractivity (Wildman–Crippen MR) is 61.3 cm³/mol. The first-order valence-corrected chi connectivity index (χ1v) is 5.21. The van der Waals surface area contributed by atoms with Gasteiger partial charge in [0, 0.05) is 11.1 Å². The zero-order chi connectivity index (χ0) is 11.4. The number of rotatable bonds is 4. The van der Waals surface area contributed by atoms with Crippen molar-refractivity contribution in [1.82, 2.24) is 0 Å². The Morgan fingerprint density at radius 3 is 2.73 bits per heavy atom. The van der Waals surface area contributed by atoms with E-state index in [1.807, 2.05) is 13.0 Å². The van der Waals surface area contributed by atoms with Crippen molar-refractivity contribution in [3.05, 3.63) is 28.8 Å². The van der Waals surface area contributed by atoms with Crippen molar-refractivity contribution in [2.75, 3.05) is 6.61 Å². The number of benzene rings is 1. The van der Waals surface area contributed by atoms with Crippen molar-refractivity contribution < 1.29 is 9.84 Å². The normalized spacial score (nSPS) is 14.7. The van der Waals surface area contributed by atoms with Gasteiger partial charge in [-0.2, -0.15) is 0 Å². The minimum Gasteiger partial charge on any atom is -0.486 e.